The van der Waals surface area contributed by atoms with Crippen LogP contribution in [0.15, 0.2) is 18.3 Å². The number of carboxylic acids is 1. The number of nitrogens with zero attached hydrogens (tertiary/aromatic N) is 2. The molecule has 2 atom stereocenters. The minimum atomic E-state index is -0.829. The Morgan fingerprint density at radius 3 is 3.15 bits per heavy atom. The first kappa shape index (κ1) is 14.8. The van der Waals surface area contributed by atoms with Crippen LogP contribution in [0.4, 0.5) is 5.82 Å². The molecule has 0 spiro atoms. The van der Waals surface area contributed by atoms with E-state index < -0.39 is 11.9 Å². The maximum atomic E-state index is 11.4. The van der Waals surface area contributed by atoms with E-state index in [0.29, 0.717) is 6.04 Å². The molecule has 1 aliphatic heterocycles. The zero-order valence-electron chi connectivity index (χ0n) is 12.0. The number of rotatable bonds is 6. The largest absolute Gasteiger partial charge is 0.481 e. The quantitative estimate of drug-likeness (QED) is 0.827. The molecule has 109 valence electrons. The third-order valence-electron chi connectivity index (χ3n) is 3.73. The molecule has 1 radical (unpaired) electrons. The molecule has 0 aromatic carbocycles. The van der Waals surface area contributed by atoms with Crippen molar-refractivity contribution in [3.8, 4) is 0 Å². The van der Waals surface area contributed by atoms with Crippen molar-refractivity contribution < 1.29 is 9.90 Å². The van der Waals surface area contributed by atoms with Crippen LogP contribution in [0.1, 0.15) is 31.7 Å². The van der Waals surface area contributed by atoms with Gasteiger partial charge in [-0.1, -0.05) is 19.9 Å². The van der Waals surface area contributed by atoms with Crippen LogP contribution in [-0.4, -0.2) is 41.7 Å². The molecule has 5 heteroatoms. The van der Waals surface area contributed by atoms with Crippen molar-refractivity contribution in [2.75, 3.05) is 24.5 Å². The van der Waals surface area contributed by atoms with Gasteiger partial charge in [0.25, 0.3) is 0 Å². The van der Waals surface area contributed by atoms with E-state index in [2.05, 4.69) is 22.1 Å². The number of likely N-dealkylation sites (N-methyl/N-ethyl adjacent to an activating group) is 1. The zero-order chi connectivity index (χ0) is 14.5. The van der Waals surface area contributed by atoms with Gasteiger partial charge < -0.3 is 15.3 Å². The third kappa shape index (κ3) is 3.10. The molecular formula is C15H22N3O2. The van der Waals surface area contributed by atoms with Gasteiger partial charge in [-0.2, -0.15) is 0 Å². The lowest BCUT2D eigenvalue weighted by molar-refractivity contribution is -0.137. The third-order valence-corrected chi connectivity index (χ3v) is 3.73. The van der Waals surface area contributed by atoms with Crippen LogP contribution in [0.2, 0.25) is 0 Å². The van der Waals surface area contributed by atoms with Gasteiger partial charge in [-0.05, 0) is 25.5 Å². The summed E-state index contributed by atoms with van der Waals surface area (Å²) in [6.07, 6.45) is 4.51. The molecule has 1 fully saturated rings. The Morgan fingerprint density at radius 1 is 1.70 bits per heavy atom. The van der Waals surface area contributed by atoms with E-state index >= 15 is 0 Å². The van der Waals surface area contributed by atoms with Crippen LogP contribution >= 0.6 is 0 Å². The molecule has 5 nitrogen and oxygen atoms in total. The first-order valence-corrected chi connectivity index (χ1v) is 7.12. The number of nitrogens with one attached hydrogen (secondary N) is 1. The van der Waals surface area contributed by atoms with Crippen LogP contribution in [0.25, 0.3) is 0 Å². The van der Waals surface area contributed by atoms with Crippen molar-refractivity contribution in [3.63, 3.8) is 0 Å². The van der Waals surface area contributed by atoms with Gasteiger partial charge in [-0.25, -0.2) is 4.98 Å². The van der Waals surface area contributed by atoms with Gasteiger partial charge in [0.15, 0.2) is 0 Å². The van der Waals surface area contributed by atoms with Gasteiger partial charge in [0.1, 0.15) is 5.82 Å². The highest BCUT2D eigenvalue weighted by atomic mass is 16.4. The highest BCUT2D eigenvalue weighted by molar-refractivity contribution is 5.80. The lowest BCUT2D eigenvalue weighted by atomic mass is 9.97. The van der Waals surface area contributed by atoms with E-state index in [4.69, 9.17) is 0 Å². The number of hydrogen-bond donors (Lipinski definition) is 2. The summed E-state index contributed by atoms with van der Waals surface area (Å²) < 4.78 is 0. The Labute approximate surface area is 120 Å². The molecular weight excluding hydrogens is 254 g/mol. The lowest BCUT2D eigenvalue weighted by Crippen LogP contribution is -2.33. The normalized spacial score (nSPS) is 20.1. The van der Waals surface area contributed by atoms with Gasteiger partial charge in [0.05, 0.1) is 5.92 Å². The van der Waals surface area contributed by atoms with Gasteiger partial charge >= 0.3 is 5.97 Å². The van der Waals surface area contributed by atoms with Gasteiger partial charge in [-0.15, -0.1) is 0 Å². The predicted octanol–water partition coefficient (Wildman–Crippen LogP) is 1.66. The van der Waals surface area contributed by atoms with E-state index in [0.717, 1.165) is 37.4 Å². The second kappa shape index (κ2) is 6.70. The average Bonchev–Trinajstić information content (AvgIpc) is 2.89. The summed E-state index contributed by atoms with van der Waals surface area (Å²) in [5.41, 5.74) is 0.777. The van der Waals surface area contributed by atoms with Crippen LogP contribution in [0.5, 0.6) is 0 Å². The smallest absolute Gasteiger partial charge is 0.311 e. The Hall–Kier alpha value is -1.62. The molecule has 0 amide bonds. The second-order valence-corrected chi connectivity index (χ2v) is 5.05. The van der Waals surface area contributed by atoms with Gasteiger partial charge in [0, 0.05) is 30.9 Å². The second-order valence-electron chi connectivity index (χ2n) is 5.05. The Balaban J connectivity index is 2.22. The minimum absolute atomic E-state index is 0.462. The van der Waals surface area contributed by atoms with E-state index in [1.807, 2.05) is 6.07 Å². The predicted molar refractivity (Wildman–Crippen MR) is 78.9 cm³/mol. The molecule has 1 aromatic heterocycles. The molecule has 1 aromatic rings. The van der Waals surface area contributed by atoms with Crippen molar-refractivity contribution in [3.05, 3.63) is 30.3 Å². The van der Waals surface area contributed by atoms with Crippen molar-refractivity contribution in [2.24, 2.45) is 0 Å². The molecule has 1 saturated heterocycles. The summed E-state index contributed by atoms with van der Waals surface area (Å²) in [5, 5.41) is 12.8. The monoisotopic (exact) mass is 276 g/mol. The highest BCUT2D eigenvalue weighted by Gasteiger charge is 2.28. The first-order valence-electron chi connectivity index (χ1n) is 7.12. The molecule has 2 N–H and O–H groups in total. The molecule has 0 aliphatic carbocycles. The number of hydrogen-bond acceptors (Lipinski definition) is 4. The maximum Gasteiger partial charge on any atom is 0.311 e. The Morgan fingerprint density at radius 2 is 2.50 bits per heavy atom. The van der Waals surface area contributed by atoms with Crippen molar-refractivity contribution in [1.82, 2.24) is 10.3 Å². The van der Waals surface area contributed by atoms with Gasteiger partial charge in [0.2, 0.25) is 0 Å². The highest BCUT2D eigenvalue weighted by Crippen LogP contribution is 2.29. The summed E-state index contributed by atoms with van der Waals surface area (Å²) in [4.78, 5) is 18.0. The molecule has 0 saturated carbocycles. The summed E-state index contributed by atoms with van der Waals surface area (Å²) in [6, 6.07) is 4.13. The van der Waals surface area contributed by atoms with E-state index in [1.54, 1.807) is 25.6 Å². The van der Waals surface area contributed by atoms with Crippen molar-refractivity contribution in [2.45, 2.75) is 32.2 Å². The lowest BCUT2D eigenvalue weighted by Gasteiger charge is -2.23. The van der Waals surface area contributed by atoms with Crippen LogP contribution in [0, 0.1) is 6.42 Å². The molecule has 0 bridgehead atoms. The van der Waals surface area contributed by atoms with Crippen molar-refractivity contribution >= 4 is 11.8 Å². The van der Waals surface area contributed by atoms with E-state index in [-0.39, 0.29) is 0 Å². The SMILES string of the molecule is C[CH]C(C(=O)O)c1cccnc1N1CC[C@H](NCC)C1. The zero-order valence-corrected chi connectivity index (χ0v) is 12.0. The summed E-state index contributed by atoms with van der Waals surface area (Å²) in [5.74, 6) is -0.625. The number of carbonyl (C=O) groups is 1. The average molecular weight is 276 g/mol. The maximum absolute atomic E-state index is 11.4. The number of anilines is 1. The summed E-state index contributed by atoms with van der Waals surface area (Å²) >= 11 is 0. The molecule has 1 aliphatic rings. The standard InChI is InChI=1S/C15H22N3O2/c1-3-12(15(19)20)13-6-5-8-17-14(13)18-9-7-11(10-18)16-4-2/h3,5-6,8,11-12,16H,4,7,9-10H2,1-2H3,(H,19,20)/t11-,12?/m0/s1. The minimum Gasteiger partial charge on any atom is -0.481 e. The Bertz CT molecular complexity index is 464. The van der Waals surface area contributed by atoms with Crippen LogP contribution in [-0.2, 0) is 4.79 Å². The fourth-order valence-corrected chi connectivity index (χ4v) is 2.78. The Kier molecular flexibility index (Phi) is 4.95. The molecule has 2 heterocycles. The first-order chi connectivity index (χ1) is 9.67. The molecule has 20 heavy (non-hydrogen) atoms. The number of pyridine rings is 1. The van der Waals surface area contributed by atoms with E-state index in [1.165, 1.54) is 0 Å². The number of carboxylic acid groups (broad SMARTS) is 1. The summed E-state index contributed by atoms with van der Waals surface area (Å²) in [6.45, 7) is 6.63. The van der Waals surface area contributed by atoms with Crippen LogP contribution in [0.3, 0.4) is 0 Å². The molecule has 2 rings (SSSR count). The van der Waals surface area contributed by atoms with Crippen LogP contribution < -0.4 is 10.2 Å². The fourth-order valence-electron chi connectivity index (χ4n) is 2.78. The summed E-state index contributed by atoms with van der Waals surface area (Å²) in [7, 11) is 0. The topological polar surface area (TPSA) is 65.5 Å². The number of aromatic nitrogens is 1. The van der Waals surface area contributed by atoms with Crippen molar-refractivity contribution in [1.29, 1.82) is 0 Å². The molecule has 1 unspecified atom stereocenters. The van der Waals surface area contributed by atoms with Gasteiger partial charge in [-0.3, -0.25) is 4.79 Å². The fraction of sp³-hybridized carbons (Fsp3) is 0.533. The number of aliphatic carboxylic acids is 1. The van der Waals surface area contributed by atoms with E-state index in [9.17, 15) is 9.90 Å².